The Kier molecular flexibility index (Phi) is 4.83. The van der Waals surface area contributed by atoms with Crippen molar-refractivity contribution in [3.05, 3.63) is 53.6 Å². The van der Waals surface area contributed by atoms with E-state index in [1.54, 1.807) is 0 Å². The van der Waals surface area contributed by atoms with Gasteiger partial charge in [0.2, 0.25) is 0 Å². The van der Waals surface area contributed by atoms with Gasteiger partial charge in [-0.3, -0.25) is 4.31 Å². The Hall–Kier alpha value is -1.84. The van der Waals surface area contributed by atoms with Crippen molar-refractivity contribution in [2.45, 2.75) is 4.90 Å². The number of rotatable bonds is 5. The van der Waals surface area contributed by atoms with Crippen molar-refractivity contribution in [3.8, 4) is 5.75 Å². The van der Waals surface area contributed by atoms with Gasteiger partial charge in [0.1, 0.15) is 5.75 Å². The van der Waals surface area contributed by atoms with E-state index in [4.69, 9.17) is 11.6 Å². The molecular formula is C13H11ClFNO5S2. The molecule has 0 aliphatic carbocycles. The molecule has 0 radical (unpaired) electrons. The van der Waals surface area contributed by atoms with E-state index in [0.29, 0.717) is 5.02 Å². The van der Waals surface area contributed by atoms with E-state index < -0.39 is 20.5 Å². The summed E-state index contributed by atoms with van der Waals surface area (Å²) in [7, 11) is -7.62. The molecule has 0 amide bonds. The van der Waals surface area contributed by atoms with Gasteiger partial charge in [-0.1, -0.05) is 15.5 Å². The number of anilines is 1. The zero-order chi connectivity index (χ0) is 17.3. The standard InChI is InChI=1S/C13H11ClFNO5S2/c1-16(22(17,18)13-8-2-10(14)3-9-13)11-4-6-12(7-5-11)21-23(15,19)20/h2-9H,1H3. The van der Waals surface area contributed by atoms with E-state index in [9.17, 15) is 20.7 Å². The normalized spacial score (nSPS) is 12.0. The summed E-state index contributed by atoms with van der Waals surface area (Å²) >= 11 is 5.73. The van der Waals surface area contributed by atoms with Gasteiger partial charge in [0.25, 0.3) is 10.0 Å². The first-order valence-corrected chi connectivity index (χ1v) is 9.21. The highest BCUT2D eigenvalue weighted by Gasteiger charge is 2.21. The molecule has 124 valence electrons. The highest BCUT2D eigenvalue weighted by atomic mass is 35.5. The van der Waals surface area contributed by atoms with Crippen LogP contribution in [0.15, 0.2) is 53.4 Å². The average Bonchev–Trinajstić information content (AvgIpc) is 2.46. The largest absolute Gasteiger partial charge is 0.488 e. The van der Waals surface area contributed by atoms with Crippen LogP contribution in [0.5, 0.6) is 5.75 Å². The molecule has 0 aliphatic rings. The first kappa shape index (κ1) is 17.5. The van der Waals surface area contributed by atoms with Gasteiger partial charge in [-0.05, 0) is 48.5 Å². The second-order valence-electron chi connectivity index (χ2n) is 4.40. The molecule has 10 heteroatoms. The lowest BCUT2D eigenvalue weighted by Gasteiger charge is -2.19. The van der Waals surface area contributed by atoms with Crippen molar-refractivity contribution in [2.24, 2.45) is 0 Å². The Bertz CT molecular complexity index is 896. The van der Waals surface area contributed by atoms with Gasteiger partial charge in [0, 0.05) is 12.1 Å². The predicted octanol–water partition coefficient (Wildman–Crippen LogP) is 2.76. The van der Waals surface area contributed by atoms with Crippen LogP contribution in [0, 0.1) is 0 Å². The molecule has 0 saturated heterocycles. The van der Waals surface area contributed by atoms with Crippen LogP contribution in [-0.2, 0) is 20.5 Å². The van der Waals surface area contributed by atoms with E-state index in [1.165, 1.54) is 43.4 Å². The Morgan fingerprint density at radius 1 is 0.957 bits per heavy atom. The van der Waals surface area contributed by atoms with Gasteiger partial charge < -0.3 is 4.18 Å². The SMILES string of the molecule is CN(c1ccc(OS(=O)(=O)F)cc1)S(=O)(=O)c1ccc(Cl)cc1. The van der Waals surface area contributed by atoms with Crippen LogP contribution >= 0.6 is 11.6 Å². The van der Waals surface area contributed by atoms with Gasteiger partial charge in [0.15, 0.2) is 0 Å². The van der Waals surface area contributed by atoms with E-state index in [-0.39, 0.29) is 16.3 Å². The molecule has 2 aromatic carbocycles. The predicted molar refractivity (Wildman–Crippen MR) is 84.1 cm³/mol. The lowest BCUT2D eigenvalue weighted by Crippen LogP contribution is -2.26. The maximum absolute atomic E-state index is 12.5. The molecule has 0 unspecified atom stereocenters. The van der Waals surface area contributed by atoms with Gasteiger partial charge in [0.05, 0.1) is 10.6 Å². The Balaban J connectivity index is 2.29. The second-order valence-corrected chi connectivity index (χ2v) is 7.76. The molecule has 0 heterocycles. The maximum atomic E-state index is 12.5. The van der Waals surface area contributed by atoms with Crippen molar-refractivity contribution in [1.29, 1.82) is 0 Å². The molecule has 23 heavy (non-hydrogen) atoms. The molecular weight excluding hydrogens is 369 g/mol. The zero-order valence-corrected chi connectivity index (χ0v) is 14.1. The maximum Gasteiger partial charge on any atom is 0.488 e. The van der Waals surface area contributed by atoms with Crippen LogP contribution in [0.4, 0.5) is 9.57 Å². The third-order valence-corrected chi connectivity index (χ3v) is 5.31. The van der Waals surface area contributed by atoms with Gasteiger partial charge in [-0.2, -0.15) is 8.42 Å². The number of hydrogen-bond donors (Lipinski definition) is 0. The molecule has 0 spiro atoms. The van der Waals surface area contributed by atoms with Crippen molar-refractivity contribution < 1.29 is 24.9 Å². The molecule has 2 aromatic rings. The van der Waals surface area contributed by atoms with Crippen LogP contribution in [0.2, 0.25) is 5.02 Å². The fourth-order valence-electron chi connectivity index (χ4n) is 1.73. The molecule has 0 aliphatic heterocycles. The third kappa shape index (κ3) is 4.34. The molecule has 6 nitrogen and oxygen atoms in total. The van der Waals surface area contributed by atoms with Crippen LogP contribution in [0.25, 0.3) is 0 Å². The molecule has 0 bridgehead atoms. The molecule has 0 N–H and O–H groups in total. The summed E-state index contributed by atoms with van der Waals surface area (Å²) in [6.07, 6.45) is 0. The second kappa shape index (κ2) is 6.34. The highest BCUT2D eigenvalue weighted by Crippen LogP contribution is 2.25. The van der Waals surface area contributed by atoms with Crippen LogP contribution in [0.1, 0.15) is 0 Å². The van der Waals surface area contributed by atoms with Gasteiger partial charge in [-0.25, -0.2) is 8.42 Å². The molecule has 0 saturated carbocycles. The summed E-state index contributed by atoms with van der Waals surface area (Å²) in [6.45, 7) is 0. The first-order chi connectivity index (χ1) is 10.6. The number of benzene rings is 2. The van der Waals surface area contributed by atoms with Crippen molar-refractivity contribution in [1.82, 2.24) is 0 Å². The van der Waals surface area contributed by atoms with Gasteiger partial charge in [-0.15, -0.1) is 0 Å². The summed E-state index contributed by atoms with van der Waals surface area (Å²) in [4.78, 5) is 0.0380. The van der Waals surface area contributed by atoms with E-state index in [2.05, 4.69) is 4.18 Å². The van der Waals surface area contributed by atoms with Crippen molar-refractivity contribution in [3.63, 3.8) is 0 Å². The van der Waals surface area contributed by atoms with Crippen LogP contribution in [0.3, 0.4) is 0 Å². The zero-order valence-electron chi connectivity index (χ0n) is 11.7. The number of sulfonamides is 1. The van der Waals surface area contributed by atoms with E-state index in [1.807, 2.05) is 0 Å². The summed E-state index contributed by atoms with van der Waals surface area (Å²) < 4.78 is 63.1. The van der Waals surface area contributed by atoms with Crippen molar-refractivity contribution >= 4 is 37.8 Å². The summed E-state index contributed by atoms with van der Waals surface area (Å²) in [5.74, 6) is -0.270. The number of halogens is 2. The quantitative estimate of drug-likeness (QED) is 0.746. The number of hydrogen-bond acceptors (Lipinski definition) is 5. The average molecular weight is 380 g/mol. The summed E-state index contributed by atoms with van der Waals surface area (Å²) in [5, 5.41) is 0.403. The molecule has 2 rings (SSSR count). The monoisotopic (exact) mass is 379 g/mol. The van der Waals surface area contributed by atoms with Crippen LogP contribution in [-0.4, -0.2) is 23.9 Å². The fourth-order valence-corrected chi connectivity index (χ4v) is 3.39. The smallest absolute Gasteiger partial charge is 0.358 e. The minimum atomic E-state index is -5.13. The lowest BCUT2D eigenvalue weighted by molar-refractivity contribution is 0.440. The highest BCUT2D eigenvalue weighted by molar-refractivity contribution is 7.92. The van der Waals surface area contributed by atoms with E-state index >= 15 is 0 Å². The summed E-state index contributed by atoms with van der Waals surface area (Å²) in [5.41, 5.74) is 0.239. The minimum absolute atomic E-state index is 0.0380. The number of nitrogens with zero attached hydrogens (tertiary/aromatic N) is 1. The van der Waals surface area contributed by atoms with Gasteiger partial charge >= 0.3 is 10.5 Å². The minimum Gasteiger partial charge on any atom is -0.358 e. The Morgan fingerprint density at radius 2 is 1.48 bits per heavy atom. The lowest BCUT2D eigenvalue weighted by atomic mass is 10.3. The first-order valence-electron chi connectivity index (χ1n) is 6.08. The molecule has 0 atom stereocenters. The fraction of sp³-hybridized carbons (Fsp3) is 0.0769. The molecule has 0 fully saturated rings. The Morgan fingerprint density at radius 3 is 1.96 bits per heavy atom. The summed E-state index contributed by atoms with van der Waals surface area (Å²) in [6, 6.07) is 10.5. The Labute approximate surface area is 138 Å². The third-order valence-electron chi connectivity index (χ3n) is 2.87. The molecule has 0 aromatic heterocycles. The van der Waals surface area contributed by atoms with E-state index in [0.717, 1.165) is 16.4 Å². The van der Waals surface area contributed by atoms with Crippen molar-refractivity contribution in [2.75, 3.05) is 11.4 Å². The topological polar surface area (TPSA) is 80.8 Å². The van der Waals surface area contributed by atoms with Crippen LogP contribution < -0.4 is 8.49 Å².